The Labute approximate surface area is 165 Å². The van der Waals surface area contributed by atoms with E-state index in [-0.39, 0.29) is 17.9 Å². The molecule has 0 aliphatic carbocycles. The summed E-state index contributed by atoms with van der Waals surface area (Å²) < 4.78 is 0. The Morgan fingerprint density at radius 2 is 1.75 bits per heavy atom. The molecule has 2 atom stereocenters. The fourth-order valence-electron chi connectivity index (χ4n) is 4.25. The number of urea groups is 1. The summed E-state index contributed by atoms with van der Waals surface area (Å²) in [6, 6.07) is 7.35. The highest BCUT2D eigenvalue weighted by atomic mass is 16.2. The number of allylic oxidation sites excluding steroid dienone is 2. The maximum absolute atomic E-state index is 13.3. The molecular formula is C21H27N5O2. The number of anilines is 1. The van der Waals surface area contributed by atoms with Crippen LogP contribution in [-0.2, 0) is 4.79 Å². The van der Waals surface area contributed by atoms with Crippen LogP contribution in [0.3, 0.4) is 0 Å². The number of hydrogen-bond acceptors (Lipinski definition) is 5. The van der Waals surface area contributed by atoms with Crippen molar-refractivity contribution in [2.45, 2.75) is 46.8 Å². The van der Waals surface area contributed by atoms with Crippen LogP contribution in [0.5, 0.6) is 0 Å². The third-order valence-electron chi connectivity index (χ3n) is 5.80. The highest BCUT2D eigenvalue weighted by molar-refractivity contribution is 6.10. The van der Waals surface area contributed by atoms with Crippen molar-refractivity contribution in [3.05, 3.63) is 41.2 Å². The number of nitrogens with zero attached hydrogens (tertiary/aromatic N) is 5. The molecule has 0 bridgehead atoms. The van der Waals surface area contributed by atoms with Crippen LogP contribution in [0.4, 0.5) is 10.5 Å². The van der Waals surface area contributed by atoms with E-state index in [1.54, 1.807) is 11.9 Å². The first-order chi connectivity index (χ1) is 13.2. The molecule has 3 aliphatic rings. The van der Waals surface area contributed by atoms with Gasteiger partial charge in [0.05, 0.1) is 5.69 Å². The van der Waals surface area contributed by atoms with Gasteiger partial charge < -0.3 is 4.90 Å². The second-order valence-corrected chi connectivity index (χ2v) is 8.19. The predicted octanol–water partition coefficient (Wildman–Crippen LogP) is 2.98. The van der Waals surface area contributed by atoms with Gasteiger partial charge in [-0.1, -0.05) is 32.0 Å². The minimum Gasteiger partial charge on any atom is -0.302 e. The minimum absolute atomic E-state index is 0.167. The largest absolute Gasteiger partial charge is 0.328 e. The third kappa shape index (κ3) is 2.45. The molecule has 0 spiro atoms. The zero-order chi connectivity index (χ0) is 20.3. The van der Waals surface area contributed by atoms with Gasteiger partial charge in [-0.25, -0.2) is 9.79 Å². The first-order valence-electron chi connectivity index (χ1n) is 9.72. The van der Waals surface area contributed by atoms with Crippen molar-refractivity contribution in [2.24, 2.45) is 10.9 Å². The van der Waals surface area contributed by atoms with Gasteiger partial charge >= 0.3 is 6.03 Å². The molecule has 0 saturated carbocycles. The summed E-state index contributed by atoms with van der Waals surface area (Å²) in [4.78, 5) is 38.1. The Balaban J connectivity index is 1.78. The van der Waals surface area contributed by atoms with Gasteiger partial charge in [0.15, 0.2) is 12.2 Å². The molecule has 4 rings (SSSR count). The topological polar surface area (TPSA) is 59.5 Å². The zero-order valence-corrected chi connectivity index (χ0v) is 17.3. The molecule has 3 heterocycles. The lowest BCUT2D eigenvalue weighted by Gasteiger charge is -2.41. The van der Waals surface area contributed by atoms with E-state index >= 15 is 0 Å². The molecule has 1 fully saturated rings. The van der Waals surface area contributed by atoms with Crippen LogP contribution in [0.25, 0.3) is 0 Å². The molecule has 0 aromatic heterocycles. The fourth-order valence-corrected chi connectivity index (χ4v) is 4.25. The number of fused-ring (bicyclic) bond motifs is 3. The van der Waals surface area contributed by atoms with Gasteiger partial charge in [-0.2, -0.15) is 0 Å². The summed E-state index contributed by atoms with van der Waals surface area (Å²) in [6.45, 7) is 10.6. The molecule has 1 aromatic rings. The van der Waals surface area contributed by atoms with Crippen molar-refractivity contribution in [3.8, 4) is 0 Å². The van der Waals surface area contributed by atoms with Crippen molar-refractivity contribution in [1.82, 2.24) is 14.7 Å². The highest BCUT2D eigenvalue weighted by Gasteiger charge is 2.55. The van der Waals surface area contributed by atoms with Gasteiger partial charge in [-0.05, 0) is 38.3 Å². The number of para-hydroxylation sites is 1. The van der Waals surface area contributed by atoms with Crippen molar-refractivity contribution in [2.75, 3.05) is 18.5 Å². The number of likely N-dealkylation sites (N-methyl/N-ethyl adjacent to an activating group) is 1. The fraction of sp³-hybridized carbons (Fsp3) is 0.476. The molecule has 0 radical (unpaired) electrons. The average Bonchev–Trinajstić information content (AvgIpc) is 3.14. The first-order valence-corrected chi connectivity index (χ1v) is 9.72. The lowest BCUT2D eigenvalue weighted by atomic mass is 10.1. The summed E-state index contributed by atoms with van der Waals surface area (Å²) in [6.07, 6.45) is -0.506. The van der Waals surface area contributed by atoms with E-state index in [1.165, 1.54) is 4.90 Å². The molecule has 0 N–H and O–H groups in total. The Hall–Kier alpha value is -2.83. The quantitative estimate of drug-likeness (QED) is 0.808. The second kappa shape index (κ2) is 6.36. The number of carbonyl (C=O) groups excluding carboxylic acids is 2. The van der Waals surface area contributed by atoms with E-state index < -0.39 is 12.2 Å². The van der Waals surface area contributed by atoms with Gasteiger partial charge in [0.25, 0.3) is 5.91 Å². The van der Waals surface area contributed by atoms with Crippen molar-refractivity contribution < 1.29 is 9.59 Å². The van der Waals surface area contributed by atoms with Crippen LogP contribution in [0.2, 0.25) is 0 Å². The smallest absolute Gasteiger partial charge is 0.302 e. The highest BCUT2D eigenvalue weighted by Crippen LogP contribution is 2.40. The van der Waals surface area contributed by atoms with E-state index in [9.17, 15) is 9.59 Å². The van der Waals surface area contributed by atoms with E-state index in [1.807, 2.05) is 44.7 Å². The number of aryl methyl sites for hydroxylation is 1. The van der Waals surface area contributed by atoms with Crippen LogP contribution >= 0.6 is 0 Å². The van der Waals surface area contributed by atoms with Crippen molar-refractivity contribution >= 4 is 23.6 Å². The van der Waals surface area contributed by atoms with Crippen LogP contribution in [0, 0.1) is 12.8 Å². The number of aliphatic imine (C=N–C) groups is 1. The van der Waals surface area contributed by atoms with Gasteiger partial charge in [-0.3, -0.25) is 19.5 Å². The Morgan fingerprint density at radius 3 is 2.39 bits per heavy atom. The van der Waals surface area contributed by atoms with Gasteiger partial charge in [0.2, 0.25) is 5.96 Å². The lowest BCUT2D eigenvalue weighted by molar-refractivity contribution is -0.137. The molecule has 2 unspecified atom stereocenters. The summed E-state index contributed by atoms with van der Waals surface area (Å²) in [5.74, 6) is 0.762. The lowest BCUT2D eigenvalue weighted by Crippen LogP contribution is -2.65. The molecule has 7 heteroatoms. The summed E-state index contributed by atoms with van der Waals surface area (Å²) in [5.41, 5.74) is 4.22. The number of hydrogen-bond donors (Lipinski definition) is 0. The molecule has 148 valence electrons. The zero-order valence-electron chi connectivity index (χ0n) is 17.3. The van der Waals surface area contributed by atoms with E-state index in [0.717, 1.165) is 28.6 Å². The molecule has 7 nitrogen and oxygen atoms in total. The summed E-state index contributed by atoms with van der Waals surface area (Å²) >= 11 is 0. The van der Waals surface area contributed by atoms with E-state index in [2.05, 4.69) is 24.0 Å². The Bertz CT molecular complexity index is 919. The molecule has 28 heavy (non-hydrogen) atoms. The SMILES string of the molecule is CC1=C(C)N2C(=NC3C2C(=O)N(CC(C)C)C(=O)N3C)N1c1ccccc1C. The van der Waals surface area contributed by atoms with Gasteiger partial charge in [0, 0.05) is 25.0 Å². The average molecular weight is 381 g/mol. The number of carbonyl (C=O) groups is 2. The molecule has 3 aliphatic heterocycles. The number of imide groups is 1. The molecule has 1 saturated heterocycles. The first kappa shape index (κ1) is 18.5. The van der Waals surface area contributed by atoms with E-state index in [4.69, 9.17) is 4.99 Å². The number of benzene rings is 1. The van der Waals surface area contributed by atoms with E-state index in [0.29, 0.717) is 6.54 Å². The summed E-state index contributed by atoms with van der Waals surface area (Å²) in [7, 11) is 1.73. The van der Waals surface area contributed by atoms with Crippen LogP contribution < -0.4 is 4.90 Å². The standard InChI is InChI=1S/C21H27N5O2/c1-12(2)11-24-19(27)17-18(23(6)21(24)28)22-20-25(14(4)15(5)26(17)20)16-10-8-7-9-13(16)3/h7-10,12,17-18H,11H2,1-6H3. The van der Waals surface area contributed by atoms with Crippen LogP contribution in [0.1, 0.15) is 33.3 Å². The van der Waals surface area contributed by atoms with Gasteiger partial charge in [-0.15, -0.1) is 0 Å². The normalized spacial score (nSPS) is 24.5. The monoisotopic (exact) mass is 381 g/mol. The number of amides is 3. The van der Waals surface area contributed by atoms with Gasteiger partial charge in [0.1, 0.15) is 0 Å². The Kier molecular flexibility index (Phi) is 4.21. The Morgan fingerprint density at radius 1 is 1.07 bits per heavy atom. The molecule has 1 aromatic carbocycles. The predicted molar refractivity (Wildman–Crippen MR) is 109 cm³/mol. The third-order valence-corrected chi connectivity index (χ3v) is 5.80. The number of guanidine groups is 1. The van der Waals surface area contributed by atoms with Crippen molar-refractivity contribution in [1.29, 1.82) is 0 Å². The minimum atomic E-state index is -0.514. The number of rotatable bonds is 3. The van der Waals surface area contributed by atoms with Crippen molar-refractivity contribution in [3.63, 3.8) is 0 Å². The maximum atomic E-state index is 13.3. The van der Waals surface area contributed by atoms with Crippen LogP contribution in [0.15, 0.2) is 40.7 Å². The molecule has 3 amide bonds. The summed E-state index contributed by atoms with van der Waals surface area (Å²) in [5, 5.41) is 0. The maximum Gasteiger partial charge on any atom is 0.328 e. The second-order valence-electron chi connectivity index (χ2n) is 8.19. The van der Waals surface area contributed by atoms with Crippen LogP contribution in [-0.4, -0.2) is 58.4 Å². The molecular weight excluding hydrogens is 354 g/mol.